The number of carbonyl (C=O) groups is 3. The molecule has 1 aliphatic rings. The van der Waals surface area contributed by atoms with E-state index in [9.17, 15) is 24.5 Å². The van der Waals surface area contributed by atoms with E-state index < -0.39 is 28.9 Å². The Balaban J connectivity index is 1.99. The van der Waals surface area contributed by atoms with Crippen molar-refractivity contribution in [2.24, 2.45) is 0 Å². The molecule has 1 saturated heterocycles. The average Bonchev–Trinajstić information content (AvgIpc) is 2.89. The number of nitrogens with zero attached hydrogens (tertiary/aromatic N) is 3. The van der Waals surface area contributed by atoms with E-state index in [1.807, 2.05) is 32.0 Å². The maximum absolute atomic E-state index is 13.1. The molecule has 1 aliphatic heterocycles. The molecule has 1 radical (unpaired) electrons. The number of hydrogen-bond donors (Lipinski definition) is 0. The van der Waals surface area contributed by atoms with Gasteiger partial charge in [0.2, 0.25) is 5.91 Å². The summed E-state index contributed by atoms with van der Waals surface area (Å²) in [5.74, 6) is -1.05. The fraction of sp³-hybridized carbons (Fsp3) is 0.346. The van der Waals surface area contributed by atoms with Crippen molar-refractivity contribution in [3.63, 3.8) is 0 Å². The summed E-state index contributed by atoms with van der Waals surface area (Å²) in [5, 5.41) is 11.9. The number of carbonyl (C=O) groups excluding carboxylic acids is 3. The fourth-order valence-electron chi connectivity index (χ4n) is 4.23. The summed E-state index contributed by atoms with van der Waals surface area (Å²) in [6.45, 7) is 4.19. The lowest BCUT2D eigenvalue weighted by molar-refractivity contribution is -0.384. The third-order valence-corrected chi connectivity index (χ3v) is 6.02. The van der Waals surface area contributed by atoms with Crippen molar-refractivity contribution in [2.45, 2.75) is 25.8 Å². The highest BCUT2D eigenvalue weighted by molar-refractivity contribution is 5.97. The Hall–Kier alpha value is -4.21. The number of nitro benzene ring substituents is 1. The van der Waals surface area contributed by atoms with Gasteiger partial charge in [-0.05, 0) is 34.8 Å². The number of nitro groups is 1. The molecule has 2 aromatic carbocycles. The minimum absolute atomic E-state index is 0.0717. The molecule has 0 spiro atoms. The Labute approximate surface area is 209 Å². The molecule has 0 N–H and O–H groups in total. The van der Waals surface area contributed by atoms with Gasteiger partial charge in [-0.2, -0.15) is 0 Å². The molecule has 2 aromatic rings. The second kappa shape index (κ2) is 11.5. The van der Waals surface area contributed by atoms with E-state index in [1.165, 1.54) is 42.2 Å². The van der Waals surface area contributed by atoms with Crippen molar-refractivity contribution in [1.82, 2.24) is 9.80 Å². The molecule has 0 bridgehead atoms. The molecule has 0 aromatic heterocycles. The van der Waals surface area contributed by atoms with Crippen molar-refractivity contribution < 1.29 is 28.8 Å². The van der Waals surface area contributed by atoms with Gasteiger partial charge in [0.05, 0.1) is 37.3 Å². The van der Waals surface area contributed by atoms with Crippen molar-refractivity contribution in [3.05, 3.63) is 69.8 Å². The van der Waals surface area contributed by atoms with Crippen molar-refractivity contribution in [2.75, 3.05) is 33.9 Å². The fourth-order valence-corrected chi connectivity index (χ4v) is 4.23. The number of rotatable bonds is 6. The molecule has 1 unspecified atom stereocenters. The summed E-state index contributed by atoms with van der Waals surface area (Å²) in [4.78, 5) is 51.4. The number of amides is 2. The largest absolute Gasteiger partial charge is 0.467 e. The van der Waals surface area contributed by atoms with Crippen LogP contribution < -0.4 is 0 Å². The Morgan fingerprint density at radius 3 is 2.50 bits per heavy atom. The molecule has 10 heteroatoms. The zero-order chi connectivity index (χ0) is 26.4. The van der Waals surface area contributed by atoms with E-state index in [1.54, 1.807) is 12.1 Å². The zero-order valence-electron chi connectivity index (χ0n) is 20.6. The SMILES string of the molecule is COC(=O)C1CN(C(=O)OC)CCN1C(=O)/C=C/c1cc[c]c([N+](=O)[O-])c1-c1ccccc1C(C)C. The average molecular weight is 495 g/mol. The molecule has 3 rings (SSSR count). The first-order chi connectivity index (χ1) is 17.2. The highest BCUT2D eigenvalue weighted by atomic mass is 16.6. The summed E-state index contributed by atoms with van der Waals surface area (Å²) >= 11 is 0. The van der Waals surface area contributed by atoms with Crippen LogP contribution in [0, 0.1) is 16.2 Å². The number of benzene rings is 2. The molecule has 1 fully saturated rings. The van der Waals surface area contributed by atoms with Crippen LogP contribution in [0.3, 0.4) is 0 Å². The highest BCUT2D eigenvalue weighted by Gasteiger charge is 2.37. The van der Waals surface area contributed by atoms with Gasteiger partial charge in [-0.15, -0.1) is 0 Å². The van der Waals surface area contributed by atoms with Crippen LogP contribution in [0.2, 0.25) is 0 Å². The van der Waals surface area contributed by atoms with E-state index in [0.717, 1.165) is 5.56 Å². The minimum atomic E-state index is -1.01. The van der Waals surface area contributed by atoms with Gasteiger partial charge in [0.25, 0.3) is 5.69 Å². The summed E-state index contributed by atoms with van der Waals surface area (Å²) in [6.07, 6.45) is 2.16. The maximum Gasteiger partial charge on any atom is 0.409 e. The van der Waals surface area contributed by atoms with Gasteiger partial charge in [0, 0.05) is 19.2 Å². The third-order valence-electron chi connectivity index (χ3n) is 6.02. The van der Waals surface area contributed by atoms with Gasteiger partial charge in [0.15, 0.2) is 0 Å². The Morgan fingerprint density at radius 1 is 1.14 bits per heavy atom. The van der Waals surface area contributed by atoms with E-state index >= 15 is 0 Å². The smallest absolute Gasteiger partial charge is 0.409 e. The molecular formula is C26H28N3O7. The van der Waals surface area contributed by atoms with Crippen LogP contribution in [-0.4, -0.2) is 72.6 Å². The summed E-state index contributed by atoms with van der Waals surface area (Å²) in [6, 6.07) is 12.2. The summed E-state index contributed by atoms with van der Waals surface area (Å²) in [5.41, 5.74) is 2.23. The Kier molecular flexibility index (Phi) is 8.42. The van der Waals surface area contributed by atoms with Crippen LogP contribution in [0.5, 0.6) is 0 Å². The van der Waals surface area contributed by atoms with E-state index in [4.69, 9.17) is 9.47 Å². The van der Waals surface area contributed by atoms with Gasteiger partial charge in [-0.25, -0.2) is 9.59 Å². The number of esters is 1. The lowest BCUT2D eigenvalue weighted by Crippen LogP contribution is -2.59. The summed E-state index contributed by atoms with van der Waals surface area (Å²) in [7, 11) is 2.44. The van der Waals surface area contributed by atoms with Crippen molar-refractivity contribution in [1.29, 1.82) is 0 Å². The molecular weight excluding hydrogens is 466 g/mol. The molecule has 0 saturated carbocycles. The lowest BCUT2D eigenvalue weighted by Gasteiger charge is -2.38. The van der Waals surface area contributed by atoms with Crippen LogP contribution in [-0.2, 0) is 19.1 Å². The first kappa shape index (κ1) is 26.4. The van der Waals surface area contributed by atoms with E-state index in [0.29, 0.717) is 16.7 Å². The van der Waals surface area contributed by atoms with Crippen molar-refractivity contribution in [3.8, 4) is 11.1 Å². The molecule has 1 heterocycles. The van der Waals surface area contributed by atoms with Gasteiger partial charge < -0.3 is 19.3 Å². The second-order valence-electron chi connectivity index (χ2n) is 8.48. The predicted molar refractivity (Wildman–Crippen MR) is 132 cm³/mol. The third kappa shape index (κ3) is 5.54. The lowest BCUT2D eigenvalue weighted by atomic mass is 9.89. The summed E-state index contributed by atoms with van der Waals surface area (Å²) < 4.78 is 9.56. The van der Waals surface area contributed by atoms with E-state index in [2.05, 4.69) is 6.07 Å². The molecule has 0 aliphatic carbocycles. The highest BCUT2D eigenvalue weighted by Crippen LogP contribution is 2.38. The minimum Gasteiger partial charge on any atom is -0.467 e. The molecule has 2 amide bonds. The first-order valence-electron chi connectivity index (χ1n) is 11.4. The molecule has 189 valence electrons. The van der Waals surface area contributed by atoms with Gasteiger partial charge >= 0.3 is 12.1 Å². The monoisotopic (exact) mass is 494 g/mol. The normalized spacial score (nSPS) is 15.8. The standard InChI is InChI=1S/C26H28N3O7/c1-17(2)19-9-5-6-10-20(19)24-18(8-7-11-21(24)29(33)34)12-13-23(30)28-15-14-27(26(32)36-4)16-22(28)25(31)35-3/h5-10,12-13,17,22H,14-16H2,1-4H3/b13-12+. The maximum atomic E-state index is 13.1. The Morgan fingerprint density at radius 2 is 1.86 bits per heavy atom. The molecule has 36 heavy (non-hydrogen) atoms. The number of piperazine rings is 1. The Bertz CT molecular complexity index is 1190. The van der Waals surface area contributed by atoms with Gasteiger partial charge in [0.1, 0.15) is 6.04 Å². The van der Waals surface area contributed by atoms with Crippen LogP contribution in [0.15, 0.2) is 42.5 Å². The quantitative estimate of drug-likeness (QED) is 0.260. The van der Waals surface area contributed by atoms with Gasteiger partial charge in [-0.3, -0.25) is 14.9 Å². The van der Waals surface area contributed by atoms with Gasteiger partial charge in [-0.1, -0.05) is 44.2 Å². The van der Waals surface area contributed by atoms with Crippen LogP contribution >= 0.6 is 0 Å². The topological polar surface area (TPSA) is 119 Å². The first-order valence-corrected chi connectivity index (χ1v) is 11.4. The second-order valence-corrected chi connectivity index (χ2v) is 8.48. The zero-order valence-corrected chi connectivity index (χ0v) is 20.6. The molecule has 10 nitrogen and oxygen atoms in total. The van der Waals surface area contributed by atoms with Crippen LogP contribution in [0.4, 0.5) is 10.5 Å². The van der Waals surface area contributed by atoms with Crippen LogP contribution in [0.25, 0.3) is 17.2 Å². The van der Waals surface area contributed by atoms with Crippen LogP contribution in [0.1, 0.15) is 30.9 Å². The number of methoxy groups -OCH3 is 2. The predicted octanol–water partition coefficient (Wildman–Crippen LogP) is 3.65. The van der Waals surface area contributed by atoms with Crippen molar-refractivity contribution >= 4 is 29.7 Å². The number of hydrogen-bond acceptors (Lipinski definition) is 7. The van der Waals surface area contributed by atoms with E-state index in [-0.39, 0.29) is 31.2 Å². The molecule has 1 atom stereocenters. The number of ether oxygens (including phenoxy) is 2.